The van der Waals surface area contributed by atoms with Crippen LogP contribution in [0.15, 0.2) is 50.6 Å². The lowest BCUT2D eigenvalue weighted by Gasteiger charge is -2.35. The standard InChI is InChI=1S/C20H26O9/c1-7-15(22)26-19(6,27-16(23)8-2)12-14(21)13-20(11-5,28-17(24)9-3)29-18(25)10-4/h7-10,14,21H,1-4,11-13H2,5-6H3. The maximum absolute atomic E-state index is 11.7. The second-order valence-corrected chi connectivity index (χ2v) is 5.96. The van der Waals surface area contributed by atoms with Gasteiger partial charge >= 0.3 is 23.9 Å². The van der Waals surface area contributed by atoms with Crippen LogP contribution in [0.1, 0.15) is 33.1 Å². The first-order chi connectivity index (χ1) is 13.5. The third-order valence-electron chi connectivity index (χ3n) is 3.56. The Bertz CT molecular complexity index is 633. The Morgan fingerprint density at radius 1 is 0.793 bits per heavy atom. The number of ether oxygens (including phenoxy) is 4. The zero-order valence-corrected chi connectivity index (χ0v) is 16.5. The average Bonchev–Trinajstić information content (AvgIpc) is 2.66. The summed E-state index contributed by atoms with van der Waals surface area (Å²) < 4.78 is 20.3. The summed E-state index contributed by atoms with van der Waals surface area (Å²) in [5, 5.41) is 10.5. The highest BCUT2D eigenvalue weighted by atomic mass is 16.7. The first kappa shape index (κ1) is 25.8. The minimum atomic E-state index is -1.90. The van der Waals surface area contributed by atoms with E-state index in [1.54, 1.807) is 6.92 Å². The van der Waals surface area contributed by atoms with Gasteiger partial charge in [0.15, 0.2) is 0 Å². The molecule has 0 saturated heterocycles. The van der Waals surface area contributed by atoms with Gasteiger partial charge in [0.2, 0.25) is 0 Å². The molecule has 0 heterocycles. The maximum atomic E-state index is 11.7. The summed E-state index contributed by atoms with van der Waals surface area (Å²) in [4.78, 5) is 46.6. The quantitative estimate of drug-likeness (QED) is 0.275. The topological polar surface area (TPSA) is 125 Å². The molecule has 0 rings (SSSR count). The van der Waals surface area contributed by atoms with Crippen LogP contribution in [-0.4, -0.2) is 46.7 Å². The molecular formula is C20H26O9. The van der Waals surface area contributed by atoms with E-state index in [-0.39, 0.29) is 6.42 Å². The van der Waals surface area contributed by atoms with Crippen molar-refractivity contribution in [2.24, 2.45) is 0 Å². The van der Waals surface area contributed by atoms with Gasteiger partial charge in [-0.3, -0.25) is 0 Å². The summed E-state index contributed by atoms with van der Waals surface area (Å²) in [6, 6.07) is 0. The van der Waals surface area contributed by atoms with Crippen molar-refractivity contribution in [2.75, 3.05) is 0 Å². The van der Waals surface area contributed by atoms with Crippen LogP contribution in [0, 0.1) is 0 Å². The van der Waals surface area contributed by atoms with Crippen molar-refractivity contribution in [3.8, 4) is 0 Å². The Kier molecular flexibility index (Phi) is 10.3. The summed E-state index contributed by atoms with van der Waals surface area (Å²) in [6.45, 7) is 15.8. The zero-order valence-electron chi connectivity index (χ0n) is 16.5. The van der Waals surface area contributed by atoms with Crippen LogP contribution in [0.3, 0.4) is 0 Å². The molecule has 160 valence electrons. The SMILES string of the molecule is C=CC(=O)OC(C)(CC(O)CC(CC)(OC(=O)C=C)OC(=O)C=C)OC(=O)C=C. The van der Waals surface area contributed by atoms with Crippen LogP contribution in [0.2, 0.25) is 0 Å². The van der Waals surface area contributed by atoms with Gasteiger partial charge in [-0.05, 0) is 0 Å². The van der Waals surface area contributed by atoms with E-state index in [1.165, 1.54) is 6.92 Å². The molecule has 1 unspecified atom stereocenters. The smallest absolute Gasteiger partial charge is 0.333 e. The van der Waals surface area contributed by atoms with Gasteiger partial charge < -0.3 is 24.1 Å². The Labute approximate surface area is 169 Å². The second-order valence-electron chi connectivity index (χ2n) is 5.96. The third-order valence-corrected chi connectivity index (χ3v) is 3.56. The molecule has 0 amide bonds. The highest BCUT2D eigenvalue weighted by molar-refractivity contribution is 5.84. The number of aliphatic hydroxyl groups is 1. The van der Waals surface area contributed by atoms with Crippen molar-refractivity contribution in [2.45, 2.75) is 50.8 Å². The molecule has 0 bridgehead atoms. The molecule has 9 nitrogen and oxygen atoms in total. The maximum Gasteiger partial charge on any atom is 0.333 e. The molecule has 1 atom stereocenters. The van der Waals surface area contributed by atoms with Crippen molar-refractivity contribution < 1.29 is 43.2 Å². The lowest BCUT2D eigenvalue weighted by molar-refractivity contribution is -0.242. The van der Waals surface area contributed by atoms with Gasteiger partial charge in [0, 0.05) is 37.6 Å². The first-order valence-electron chi connectivity index (χ1n) is 8.58. The van der Waals surface area contributed by atoms with Crippen molar-refractivity contribution >= 4 is 23.9 Å². The average molecular weight is 410 g/mol. The molecule has 0 aliphatic rings. The van der Waals surface area contributed by atoms with E-state index in [4.69, 9.17) is 18.9 Å². The Morgan fingerprint density at radius 3 is 1.45 bits per heavy atom. The minimum absolute atomic E-state index is 0.0289. The van der Waals surface area contributed by atoms with E-state index < -0.39 is 54.4 Å². The van der Waals surface area contributed by atoms with E-state index >= 15 is 0 Å². The molecule has 9 heteroatoms. The van der Waals surface area contributed by atoms with Crippen molar-refractivity contribution in [1.82, 2.24) is 0 Å². The van der Waals surface area contributed by atoms with Gasteiger partial charge in [0.25, 0.3) is 11.6 Å². The van der Waals surface area contributed by atoms with E-state index in [9.17, 15) is 24.3 Å². The number of rotatable bonds is 13. The monoisotopic (exact) mass is 410 g/mol. The fraction of sp³-hybridized carbons (Fsp3) is 0.400. The van der Waals surface area contributed by atoms with Gasteiger partial charge in [-0.2, -0.15) is 0 Å². The molecule has 0 aliphatic heterocycles. The van der Waals surface area contributed by atoms with Gasteiger partial charge in [0.05, 0.1) is 18.9 Å². The van der Waals surface area contributed by atoms with Crippen LogP contribution in [0.25, 0.3) is 0 Å². The van der Waals surface area contributed by atoms with E-state index in [1.807, 2.05) is 0 Å². The van der Waals surface area contributed by atoms with Gasteiger partial charge in [-0.15, -0.1) is 0 Å². The summed E-state index contributed by atoms with van der Waals surface area (Å²) in [5.74, 6) is -7.36. The highest BCUT2D eigenvalue weighted by Gasteiger charge is 2.42. The van der Waals surface area contributed by atoms with Gasteiger partial charge in [-0.25, -0.2) is 19.2 Å². The molecule has 0 aliphatic carbocycles. The van der Waals surface area contributed by atoms with Crippen LogP contribution in [-0.2, 0) is 38.1 Å². The van der Waals surface area contributed by atoms with Gasteiger partial charge in [-0.1, -0.05) is 33.2 Å². The van der Waals surface area contributed by atoms with Crippen LogP contribution in [0.4, 0.5) is 0 Å². The number of hydrogen-bond acceptors (Lipinski definition) is 9. The number of hydrogen-bond donors (Lipinski definition) is 1. The lowest BCUT2D eigenvalue weighted by Crippen LogP contribution is -2.45. The molecule has 1 N–H and O–H groups in total. The molecule has 0 fully saturated rings. The third kappa shape index (κ3) is 9.02. The molecule has 0 radical (unpaired) electrons. The number of carbonyl (C=O) groups excluding carboxylic acids is 4. The molecular weight excluding hydrogens is 384 g/mol. The lowest BCUT2D eigenvalue weighted by atomic mass is 9.99. The predicted molar refractivity (Wildman–Crippen MR) is 102 cm³/mol. The Balaban J connectivity index is 5.67. The van der Waals surface area contributed by atoms with E-state index in [2.05, 4.69) is 26.3 Å². The largest absolute Gasteiger partial charge is 0.420 e. The van der Waals surface area contributed by atoms with E-state index in [0.717, 1.165) is 24.3 Å². The summed E-state index contributed by atoms with van der Waals surface area (Å²) in [7, 11) is 0. The normalized spacial score (nSPS) is 12.0. The van der Waals surface area contributed by atoms with Crippen LogP contribution < -0.4 is 0 Å². The molecule has 0 aromatic carbocycles. The van der Waals surface area contributed by atoms with Crippen LogP contribution in [0.5, 0.6) is 0 Å². The van der Waals surface area contributed by atoms with E-state index in [0.29, 0.717) is 0 Å². The van der Waals surface area contributed by atoms with Crippen molar-refractivity contribution in [3.05, 3.63) is 50.6 Å². The molecule has 0 saturated carbocycles. The Morgan fingerprint density at radius 2 is 1.14 bits per heavy atom. The molecule has 0 spiro atoms. The van der Waals surface area contributed by atoms with Crippen molar-refractivity contribution in [3.63, 3.8) is 0 Å². The van der Waals surface area contributed by atoms with Crippen molar-refractivity contribution in [1.29, 1.82) is 0 Å². The Hall–Kier alpha value is -3.20. The summed E-state index contributed by atoms with van der Waals surface area (Å²) >= 11 is 0. The minimum Gasteiger partial charge on any atom is -0.420 e. The number of aliphatic hydroxyl groups excluding tert-OH is 1. The molecule has 0 aromatic rings. The second kappa shape index (κ2) is 11.6. The predicted octanol–water partition coefficient (Wildman–Crippen LogP) is 1.87. The fourth-order valence-electron chi connectivity index (χ4n) is 2.32. The number of carbonyl (C=O) groups is 4. The molecule has 29 heavy (non-hydrogen) atoms. The van der Waals surface area contributed by atoms with Crippen LogP contribution >= 0.6 is 0 Å². The van der Waals surface area contributed by atoms with Gasteiger partial charge in [0.1, 0.15) is 0 Å². The summed E-state index contributed by atoms with van der Waals surface area (Å²) in [6.07, 6.45) is 1.12. The molecule has 0 aromatic heterocycles. The summed E-state index contributed by atoms with van der Waals surface area (Å²) in [5.41, 5.74) is 0. The number of esters is 4. The first-order valence-corrected chi connectivity index (χ1v) is 8.58. The highest BCUT2D eigenvalue weighted by Crippen LogP contribution is 2.30. The fourth-order valence-corrected chi connectivity index (χ4v) is 2.32. The zero-order chi connectivity index (χ0) is 22.7.